The molecule has 2 heterocycles. The topological polar surface area (TPSA) is 107 Å². The first kappa shape index (κ1) is 25.2. The zero-order chi connectivity index (χ0) is 26.6. The fourth-order valence-corrected chi connectivity index (χ4v) is 5.12. The van der Waals surface area contributed by atoms with Gasteiger partial charge in [0.25, 0.3) is 11.5 Å². The average molecular weight is 617 g/mol. The summed E-state index contributed by atoms with van der Waals surface area (Å²) >= 11 is 2.00. The third-order valence-electron chi connectivity index (χ3n) is 6.53. The fourth-order valence-electron chi connectivity index (χ4n) is 4.67. The lowest BCUT2D eigenvalue weighted by molar-refractivity contribution is -0.114. The summed E-state index contributed by atoms with van der Waals surface area (Å²) in [6.07, 6.45) is 0.0858. The number of fused-ring (bicyclic) bond motifs is 1. The quantitative estimate of drug-likeness (QED) is 0.372. The zero-order valence-electron chi connectivity index (χ0n) is 20.4. The van der Waals surface area contributed by atoms with E-state index in [1.807, 2.05) is 22.6 Å². The van der Waals surface area contributed by atoms with Crippen LogP contribution in [0.5, 0.6) is 0 Å². The SMILES string of the molecule is CC(=O)Nc1cccc(N2c3c(c(Nc4ccc(I)cc4F)n(C)c(=O)c3C)C(=O)N(C3CC3)C2O)c1. The number of carbonyl (C=O) groups is 2. The molecule has 1 aromatic heterocycles. The van der Waals surface area contributed by atoms with Gasteiger partial charge in [-0.25, -0.2) is 4.39 Å². The second-order valence-electron chi connectivity index (χ2n) is 9.20. The number of amides is 2. The van der Waals surface area contributed by atoms with E-state index in [4.69, 9.17) is 0 Å². The maximum absolute atomic E-state index is 14.8. The van der Waals surface area contributed by atoms with Crippen molar-refractivity contribution in [1.29, 1.82) is 0 Å². The van der Waals surface area contributed by atoms with E-state index in [1.54, 1.807) is 43.3 Å². The highest BCUT2D eigenvalue weighted by atomic mass is 127. The molecule has 0 bridgehead atoms. The van der Waals surface area contributed by atoms with Crippen LogP contribution in [0.3, 0.4) is 0 Å². The Morgan fingerprint density at radius 1 is 1.16 bits per heavy atom. The third kappa shape index (κ3) is 4.46. The molecule has 2 aromatic carbocycles. The molecule has 2 amide bonds. The standard InChI is InChI=1S/C26H25FIN5O4/c1-13-22-21(23(31(3)24(13)35)30-20-10-7-15(28)11-19(20)27)25(36)33(17-8-9-17)26(37)32(22)18-6-4-5-16(12-18)29-14(2)34/h4-7,10-12,17,26,30,37H,8-9H2,1-3H3,(H,29,34). The van der Waals surface area contributed by atoms with Crippen LogP contribution in [0.25, 0.3) is 0 Å². The van der Waals surface area contributed by atoms with Crippen molar-refractivity contribution < 1.29 is 19.1 Å². The molecule has 3 N–H and O–H groups in total. The first-order chi connectivity index (χ1) is 17.6. The van der Waals surface area contributed by atoms with Crippen molar-refractivity contribution in [3.05, 3.63) is 73.3 Å². The summed E-state index contributed by atoms with van der Waals surface area (Å²) in [7, 11) is 1.52. The zero-order valence-corrected chi connectivity index (χ0v) is 22.5. The number of benzene rings is 2. The second kappa shape index (κ2) is 9.45. The van der Waals surface area contributed by atoms with Gasteiger partial charge >= 0.3 is 0 Å². The summed E-state index contributed by atoms with van der Waals surface area (Å²) in [6.45, 7) is 2.98. The highest BCUT2D eigenvalue weighted by molar-refractivity contribution is 14.1. The molecule has 37 heavy (non-hydrogen) atoms. The monoisotopic (exact) mass is 617 g/mol. The van der Waals surface area contributed by atoms with Crippen LogP contribution in [0.2, 0.25) is 0 Å². The molecule has 11 heteroatoms. The molecule has 192 valence electrons. The molecule has 5 rings (SSSR count). The van der Waals surface area contributed by atoms with Gasteiger partial charge in [0.05, 0.1) is 11.4 Å². The average Bonchev–Trinajstić information content (AvgIpc) is 3.67. The molecule has 9 nitrogen and oxygen atoms in total. The predicted octanol–water partition coefficient (Wildman–Crippen LogP) is 4.17. The molecule has 1 aliphatic carbocycles. The number of hydrogen-bond acceptors (Lipinski definition) is 6. The summed E-state index contributed by atoms with van der Waals surface area (Å²) in [5, 5.41) is 17.2. The van der Waals surface area contributed by atoms with Gasteiger partial charge in [0.15, 0.2) is 0 Å². The highest BCUT2D eigenvalue weighted by Gasteiger charge is 2.47. The molecule has 1 saturated carbocycles. The van der Waals surface area contributed by atoms with Crippen LogP contribution in [0, 0.1) is 16.3 Å². The van der Waals surface area contributed by atoms with Gasteiger partial charge in [0.2, 0.25) is 12.3 Å². The second-order valence-corrected chi connectivity index (χ2v) is 10.4. The molecular weight excluding hydrogens is 592 g/mol. The number of nitrogens with zero attached hydrogens (tertiary/aromatic N) is 3. The summed E-state index contributed by atoms with van der Waals surface area (Å²) < 4.78 is 16.8. The van der Waals surface area contributed by atoms with E-state index < -0.39 is 23.6 Å². The Labute approximate surface area is 226 Å². The molecule has 1 unspecified atom stereocenters. The number of nitrogens with one attached hydrogen (secondary N) is 2. The number of carbonyl (C=O) groups excluding carboxylic acids is 2. The maximum atomic E-state index is 14.8. The van der Waals surface area contributed by atoms with Crippen molar-refractivity contribution in [2.45, 2.75) is 39.1 Å². The van der Waals surface area contributed by atoms with E-state index >= 15 is 0 Å². The van der Waals surface area contributed by atoms with Gasteiger partial charge in [-0.3, -0.25) is 28.8 Å². The lowest BCUT2D eigenvalue weighted by Crippen LogP contribution is -2.55. The number of halogens is 2. The van der Waals surface area contributed by atoms with E-state index in [0.29, 0.717) is 14.9 Å². The molecule has 0 spiro atoms. The Bertz CT molecular complexity index is 1500. The van der Waals surface area contributed by atoms with Crippen molar-refractivity contribution in [3.8, 4) is 0 Å². The van der Waals surface area contributed by atoms with Gasteiger partial charge in [0.1, 0.15) is 17.2 Å². The first-order valence-corrected chi connectivity index (χ1v) is 12.8. The van der Waals surface area contributed by atoms with E-state index in [1.165, 1.54) is 34.4 Å². The van der Waals surface area contributed by atoms with Crippen LogP contribution in [0.15, 0.2) is 47.3 Å². The van der Waals surface area contributed by atoms with E-state index in [-0.39, 0.29) is 40.3 Å². The minimum absolute atomic E-state index is 0.109. The van der Waals surface area contributed by atoms with Gasteiger partial charge in [-0.05, 0) is 78.8 Å². The molecule has 1 atom stereocenters. The lowest BCUT2D eigenvalue weighted by atomic mass is 10.0. The summed E-state index contributed by atoms with van der Waals surface area (Å²) in [4.78, 5) is 41.8. The van der Waals surface area contributed by atoms with Crippen LogP contribution in [0.4, 0.5) is 33.0 Å². The molecular formula is C26H25FIN5O4. The van der Waals surface area contributed by atoms with Gasteiger partial charge in [-0.15, -0.1) is 0 Å². The summed E-state index contributed by atoms with van der Waals surface area (Å²) in [5.74, 6) is -1.12. The molecule has 0 radical (unpaired) electrons. The smallest absolute Gasteiger partial charge is 0.263 e. The van der Waals surface area contributed by atoms with Crippen molar-refractivity contribution in [3.63, 3.8) is 0 Å². The minimum atomic E-state index is -1.38. The van der Waals surface area contributed by atoms with E-state index in [9.17, 15) is 23.9 Å². The van der Waals surface area contributed by atoms with Crippen LogP contribution >= 0.6 is 22.6 Å². The number of aliphatic hydroxyl groups is 1. The van der Waals surface area contributed by atoms with E-state index in [2.05, 4.69) is 10.6 Å². The number of aliphatic hydroxyl groups excluding tert-OH is 1. The molecule has 1 aliphatic heterocycles. The summed E-state index contributed by atoms with van der Waals surface area (Å²) in [5.41, 5.74) is 1.30. The molecule has 2 aliphatic rings. The van der Waals surface area contributed by atoms with Crippen molar-refractivity contribution in [2.75, 3.05) is 15.5 Å². The van der Waals surface area contributed by atoms with Gasteiger partial charge < -0.3 is 15.7 Å². The number of hydrogen-bond donors (Lipinski definition) is 3. The summed E-state index contributed by atoms with van der Waals surface area (Å²) in [6, 6.07) is 11.2. The third-order valence-corrected chi connectivity index (χ3v) is 7.20. The van der Waals surface area contributed by atoms with Crippen molar-refractivity contribution in [1.82, 2.24) is 9.47 Å². The Kier molecular flexibility index (Phi) is 6.44. The largest absolute Gasteiger partial charge is 0.356 e. The van der Waals surface area contributed by atoms with Crippen LogP contribution < -0.4 is 21.1 Å². The predicted molar refractivity (Wildman–Crippen MR) is 147 cm³/mol. The van der Waals surface area contributed by atoms with Crippen LogP contribution in [0.1, 0.15) is 35.7 Å². The molecule has 1 fully saturated rings. The minimum Gasteiger partial charge on any atom is -0.356 e. The van der Waals surface area contributed by atoms with Crippen molar-refractivity contribution in [2.24, 2.45) is 7.05 Å². The Morgan fingerprint density at radius 3 is 2.54 bits per heavy atom. The number of rotatable bonds is 5. The van der Waals surface area contributed by atoms with Gasteiger partial charge in [-0.2, -0.15) is 0 Å². The number of anilines is 5. The first-order valence-electron chi connectivity index (χ1n) is 11.7. The van der Waals surface area contributed by atoms with Crippen molar-refractivity contribution >= 4 is 63.0 Å². The Hall–Kier alpha value is -3.45. The van der Waals surface area contributed by atoms with Gasteiger partial charge in [0, 0.05) is 40.5 Å². The van der Waals surface area contributed by atoms with E-state index in [0.717, 1.165) is 12.8 Å². The Balaban J connectivity index is 1.76. The number of aromatic nitrogens is 1. The Morgan fingerprint density at radius 2 is 1.89 bits per heavy atom. The number of pyridine rings is 1. The fraction of sp³-hybridized carbons (Fsp3) is 0.269. The van der Waals surface area contributed by atoms with Gasteiger partial charge in [-0.1, -0.05) is 6.07 Å². The normalized spacial score (nSPS) is 17.0. The van der Waals surface area contributed by atoms with Crippen LogP contribution in [-0.2, 0) is 11.8 Å². The molecule has 3 aromatic rings. The molecule has 0 saturated heterocycles. The lowest BCUT2D eigenvalue weighted by Gasteiger charge is -2.44. The van der Waals surface area contributed by atoms with Crippen LogP contribution in [-0.4, -0.2) is 38.8 Å². The maximum Gasteiger partial charge on any atom is 0.263 e. The highest BCUT2D eigenvalue weighted by Crippen LogP contribution is 2.45.